The van der Waals surface area contributed by atoms with Crippen LogP contribution in [0.25, 0.3) is 0 Å². The second kappa shape index (κ2) is 6.02. The molecule has 1 saturated heterocycles. The summed E-state index contributed by atoms with van der Waals surface area (Å²) in [6.07, 6.45) is 4.04. The summed E-state index contributed by atoms with van der Waals surface area (Å²) in [7, 11) is 1.73. The molecule has 1 amide bonds. The molecule has 4 nitrogen and oxygen atoms in total. The van der Waals surface area contributed by atoms with Gasteiger partial charge in [-0.2, -0.15) is 0 Å². The molecule has 18 heavy (non-hydrogen) atoms. The summed E-state index contributed by atoms with van der Waals surface area (Å²) in [5.74, 6) is 1.52. The van der Waals surface area contributed by atoms with Crippen LogP contribution in [0.2, 0.25) is 0 Å². The van der Waals surface area contributed by atoms with Crippen molar-refractivity contribution in [2.75, 3.05) is 26.8 Å². The van der Waals surface area contributed by atoms with Crippen LogP contribution in [0.15, 0.2) is 0 Å². The molecule has 2 N–H and O–H groups in total. The van der Waals surface area contributed by atoms with Gasteiger partial charge in [0.05, 0.1) is 6.61 Å². The highest BCUT2D eigenvalue weighted by Crippen LogP contribution is 2.32. The zero-order chi connectivity index (χ0) is 13.1. The van der Waals surface area contributed by atoms with Crippen LogP contribution in [0, 0.1) is 17.8 Å². The van der Waals surface area contributed by atoms with Gasteiger partial charge in [0.2, 0.25) is 5.91 Å². The summed E-state index contributed by atoms with van der Waals surface area (Å²) in [6.45, 7) is 4.73. The molecule has 2 rings (SSSR count). The van der Waals surface area contributed by atoms with Gasteiger partial charge >= 0.3 is 0 Å². The average Bonchev–Trinajstić information content (AvgIpc) is 2.77. The lowest BCUT2D eigenvalue weighted by atomic mass is 9.77. The molecule has 2 aliphatic rings. The van der Waals surface area contributed by atoms with Crippen molar-refractivity contribution in [2.24, 2.45) is 23.5 Å². The summed E-state index contributed by atoms with van der Waals surface area (Å²) < 4.78 is 5.18. The summed E-state index contributed by atoms with van der Waals surface area (Å²) in [4.78, 5) is 14.6. The van der Waals surface area contributed by atoms with Gasteiger partial charge in [0, 0.05) is 38.1 Å². The van der Waals surface area contributed by atoms with E-state index in [4.69, 9.17) is 10.5 Å². The molecule has 0 radical (unpaired) electrons. The first-order chi connectivity index (χ1) is 8.61. The Balaban J connectivity index is 1.88. The Bertz CT molecular complexity index is 296. The molecule has 4 heteroatoms. The third-order valence-electron chi connectivity index (χ3n) is 4.53. The van der Waals surface area contributed by atoms with E-state index in [2.05, 4.69) is 6.92 Å². The number of hydrogen-bond acceptors (Lipinski definition) is 3. The fourth-order valence-corrected chi connectivity index (χ4v) is 3.44. The molecule has 0 aromatic heterocycles. The van der Waals surface area contributed by atoms with Crippen LogP contribution < -0.4 is 5.73 Å². The van der Waals surface area contributed by atoms with E-state index in [1.54, 1.807) is 7.11 Å². The Morgan fingerprint density at radius 3 is 2.83 bits per heavy atom. The van der Waals surface area contributed by atoms with Crippen molar-refractivity contribution in [3.05, 3.63) is 0 Å². The van der Waals surface area contributed by atoms with Crippen molar-refractivity contribution in [1.29, 1.82) is 0 Å². The number of nitrogens with zero attached hydrogens (tertiary/aromatic N) is 1. The van der Waals surface area contributed by atoms with E-state index in [0.29, 0.717) is 23.8 Å². The van der Waals surface area contributed by atoms with E-state index in [9.17, 15) is 4.79 Å². The molecule has 4 unspecified atom stereocenters. The van der Waals surface area contributed by atoms with E-state index in [0.717, 1.165) is 45.4 Å². The standard InChI is InChI=1S/C14H26N2O2/c1-10-7-12(15)3-4-13(10)14(17)16-6-5-11(8-16)9-18-2/h10-13H,3-9,15H2,1-2H3. The zero-order valence-electron chi connectivity index (χ0n) is 11.6. The number of hydrogen-bond donors (Lipinski definition) is 1. The minimum atomic E-state index is 0.200. The van der Waals surface area contributed by atoms with Crippen molar-refractivity contribution in [2.45, 2.75) is 38.6 Å². The van der Waals surface area contributed by atoms with Gasteiger partial charge < -0.3 is 15.4 Å². The predicted octanol–water partition coefficient (Wildman–Crippen LogP) is 1.24. The van der Waals surface area contributed by atoms with Gasteiger partial charge in [0.15, 0.2) is 0 Å². The van der Waals surface area contributed by atoms with Crippen LogP contribution in [0.4, 0.5) is 0 Å². The Morgan fingerprint density at radius 2 is 2.17 bits per heavy atom. The van der Waals surface area contributed by atoms with E-state index in [-0.39, 0.29) is 5.92 Å². The molecule has 0 aromatic carbocycles. The van der Waals surface area contributed by atoms with Gasteiger partial charge in [0.1, 0.15) is 0 Å². The summed E-state index contributed by atoms with van der Waals surface area (Å²) in [5.41, 5.74) is 5.96. The number of ether oxygens (including phenoxy) is 1. The number of rotatable bonds is 3. The van der Waals surface area contributed by atoms with Crippen LogP contribution in [0.5, 0.6) is 0 Å². The van der Waals surface area contributed by atoms with Crippen LogP contribution in [0.3, 0.4) is 0 Å². The first-order valence-electron chi connectivity index (χ1n) is 7.15. The highest BCUT2D eigenvalue weighted by molar-refractivity contribution is 5.79. The normalized spacial score (nSPS) is 36.9. The second-order valence-electron chi connectivity index (χ2n) is 6.05. The maximum absolute atomic E-state index is 12.5. The number of likely N-dealkylation sites (tertiary alicyclic amines) is 1. The number of methoxy groups -OCH3 is 1. The molecule has 1 saturated carbocycles. The highest BCUT2D eigenvalue weighted by atomic mass is 16.5. The quantitative estimate of drug-likeness (QED) is 0.824. The third-order valence-corrected chi connectivity index (χ3v) is 4.53. The van der Waals surface area contributed by atoms with Crippen LogP contribution in [0.1, 0.15) is 32.6 Å². The average molecular weight is 254 g/mol. The molecule has 1 aliphatic heterocycles. The monoisotopic (exact) mass is 254 g/mol. The van der Waals surface area contributed by atoms with E-state index in [1.807, 2.05) is 4.90 Å². The molecular formula is C14H26N2O2. The lowest BCUT2D eigenvalue weighted by Crippen LogP contribution is -2.42. The smallest absolute Gasteiger partial charge is 0.225 e. The van der Waals surface area contributed by atoms with Crippen molar-refractivity contribution in [1.82, 2.24) is 4.90 Å². The summed E-state index contributed by atoms with van der Waals surface area (Å²) >= 11 is 0. The molecule has 1 aliphatic carbocycles. The maximum Gasteiger partial charge on any atom is 0.225 e. The molecule has 104 valence electrons. The fraction of sp³-hybridized carbons (Fsp3) is 0.929. The zero-order valence-corrected chi connectivity index (χ0v) is 11.6. The van der Waals surface area contributed by atoms with Crippen molar-refractivity contribution < 1.29 is 9.53 Å². The third kappa shape index (κ3) is 3.04. The summed E-state index contributed by atoms with van der Waals surface area (Å²) in [6, 6.07) is 0.295. The second-order valence-corrected chi connectivity index (χ2v) is 6.05. The Kier molecular flexibility index (Phi) is 4.62. The molecule has 0 spiro atoms. The van der Waals surface area contributed by atoms with E-state index < -0.39 is 0 Å². The molecular weight excluding hydrogens is 228 g/mol. The van der Waals surface area contributed by atoms with E-state index in [1.165, 1.54) is 0 Å². The molecule has 0 aromatic rings. The van der Waals surface area contributed by atoms with Crippen molar-refractivity contribution in [3.8, 4) is 0 Å². The first-order valence-corrected chi connectivity index (χ1v) is 7.15. The summed E-state index contributed by atoms with van der Waals surface area (Å²) in [5, 5.41) is 0. The number of amides is 1. The predicted molar refractivity (Wildman–Crippen MR) is 71.0 cm³/mol. The highest BCUT2D eigenvalue weighted by Gasteiger charge is 2.36. The lowest BCUT2D eigenvalue weighted by Gasteiger charge is -2.34. The van der Waals surface area contributed by atoms with Crippen LogP contribution in [-0.4, -0.2) is 43.7 Å². The molecule has 2 fully saturated rings. The Morgan fingerprint density at radius 1 is 1.39 bits per heavy atom. The minimum absolute atomic E-state index is 0.200. The van der Waals surface area contributed by atoms with Gasteiger partial charge in [-0.25, -0.2) is 0 Å². The molecule has 1 heterocycles. The SMILES string of the molecule is COCC1CCN(C(=O)C2CCC(N)CC2C)C1. The maximum atomic E-state index is 12.5. The Hall–Kier alpha value is -0.610. The Labute approximate surface area is 110 Å². The number of carbonyl (C=O) groups is 1. The number of carbonyl (C=O) groups excluding carboxylic acids is 1. The first kappa shape index (κ1) is 13.8. The van der Waals surface area contributed by atoms with Gasteiger partial charge in [-0.05, 0) is 31.6 Å². The largest absolute Gasteiger partial charge is 0.384 e. The van der Waals surface area contributed by atoms with Gasteiger partial charge in [-0.1, -0.05) is 6.92 Å². The van der Waals surface area contributed by atoms with Crippen molar-refractivity contribution in [3.63, 3.8) is 0 Å². The topological polar surface area (TPSA) is 55.6 Å². The van der Waals surface area contributed by atoms with Crippen LogP contribution >= 0.6 is 0 Å². The number of nitrogens with two attached hydrogens (primary N) is 1. The fourth-order valence-electron chi connectivity index (χ4n) is 3.44. The van der Waals surface area contributed by atoms with Crippen LogP contribution in [-0.2, 0) is 9.53 Å². The molecule has 4 atom stereocenters. The van der Waals surface area contributed by atoms with Crippen molar-refractivity contribution >= 4 is 5.91 Å². The van der Waals surface area contributed by atoms with Gasteiger partial charge in [-0.3, -0.25) is 4.79 Å². The lowest BCUT2D eigenvalue weighted by molar-refractivity contribution is -0.137. The molecule has 0 bridgehead atoms. The minimum Gasteiger partial charge on any atom is -0.384 e. The van der Waals surface area contributed by atoms with Gasteiger partial charge in [-0.15, -0.1) is 0 Å². The van der Waals surface area contributed by atoms with Gasteiger partial charge in [0.25, 0.3) is 0 Å². The van der Waals surface area contributed by atoms with E-state index >= 15 is 0 Å².